The highest BCUT2D eigenvalue weighted by atomic mass is 19.4. The molecule has 1 aliphatic carbocycles. The molecule has 0 N–H and O–H groups in total. The van der Waals surface area contributed by atoms with Crippen LogP contribution in [-0.4, -0.2) is 0 Å². The number of hydrogen-bond donors (Lipinski definition) is 0. The Bertz CT molecular complexity index is 920. The molecule has 6 heteroatoms. The monoisotopic (exact) mass is 397 g/mol. The second kappa shape index (κ2) is 6.39. The van der Waals surface area contributed by atoms with Crippen LogP contribution in [0.2, 0.25) is 0 Å². The molecule has 0 atom stereocenters. The van der Waals surface area contributed by atoms with Crippen LogP contribution < -0.4 is 0 Å². The maximum absolute atomic E-state index is 13.3. The van der Waals surface area contributed by atoms with Gasteiger partial charge in [0.05, 0.1) is 11.1 Å². The molecule has 0 spiro atoms. The quantitative estimate of drug-likeness (QED) is 0.433. The van der Waals surface area contributed by atoms with Crippen LogP contribution in [0.4, 0.5) is 26.3 Å². The fraction of sp³-hybridized carbons (Fsp3) is 0.318. The van der Waals surface area contributed by atoms with Crippen molar-refractivity contribution >= 4 is 6.08 Å². The zero-order chi connectivity index (χ0) is 21.1. The van der Waals surface area contributed by atoms with Crippen LogP contribution in [0.3, 0.4) is 0 Å². The van der Waals surface area contributed by atoms with Crippen molar-refractivity contribution in [2.24, 2.45) is 5.41 Å². The van der Waals surface area contributed by atoms with Gasteiger partial charge in [-0.1, -0.05) is 44.6 Å². The van der Waals surface area contributed by atoms with E-state index in [2.05, 4.69) is 0 Å². The number of allylic oxidation sites excluding steroid dienone is 1. The van der Waals surface area contributed by atoms with Gasteiger partial charge in [0, 0.05) is 6.42 Å². The van der Waals surface area contributed by atoms with Crippen LogP contribution in [0, 0.1) is 18.8 Å². The lowest BCUT2D eigenvalue weighted by atomic mass is 9.85. The molecule has 0 aromatic heterocycles. The summed E-state index contributed by atoms with van der Waals surface area (Å²) in [4.78, 5) is 0. The SMILES string of the molecule is Cc1ccc2c(c1-c1cc(C(F)(F)F)cc(C(F)(F)F)c1)C=C(C(C)(C)C)[CH]2. The van der Waals surface area contributed by atoms with Crippen LogP contribution in [0.15, 0.2) is 35.9 Å². The summed E-state index contributed by atoms with van der Waals surface area (Å²) < 4.78 is 79.6. The van der Waals surface area contributed by atoms with Gasteiger partial charge in [0.15, 0.2) is 0 Å². The number of benzene rings is 2. The Kier molecular flexibility index (Phi) is 4.68. The number of alkyl halides is 6. The smallest absolute Gasteiger partial charge is 0.166 e. The summed E-state index contributed by atoms with van der Waals surface area (Å²) in [7, 11) is 0. The van der Waals surface area contributed by atoms with E-state index >= 15 is 0 Å². The van der Waals surface area contributed by atoms with E-state index in [0.29, 0.717) is 16.7 Å². The highest BCUT2D eigenvalue weighted by Crippen LogP contribution is 2.45. The molecular formula is C22H19F6. The Morgan fingerprint density at radius 3 is 1.75 bits per heavy atom. The van der Waals surface area contributed by atoms with E-state index in [4.69, 9.17) is 0 Å². The van der Waals surface area contributed by atoms with E-state index in [0.717, 1.165) is 23.3 Å². The molecule has 0 heterocycles. The number of rotatable bonds is 1. The average molecular weight is 397 g/mol. The van der Waals surface area contributed by atoms with Crippen LogP contribution in [0.25, 0.3) is 17.2 Å². The van der Waals surface area contributed by atoms with E-state index in [-0.39, 0.29) is 17.0 Å². The largest absolute Gasteiger partial charge is 0.416 e. The molecule has 2 aromatic carbocycles. The molecule has 149 valence electrons. The molecule has 0 saturated carbocycles. The predicted octanol–water partition coefficient (Wildman–Crippen LogP) is 7.70. The van der Waals surface area contributed by atoms with Crippen LogP contribution in [0.5, 0.6) is 0 Å². The van der Waals surface area contributed by atoms with Crippen molar-refractivity contribution in [3.8, 4) is 11.1 Å². The molecular weight excluding hydrogens is 378 g/mol. The van der Waals surface area contributed by atoms with Gasteiger partial charge in [0.25, 0.3) is 0 Å². The third-order valence-electron chi connectivity index (χ3n) is 4.84. The van der Waals surface area contributed by atoms with E-state index < -0.39 is 23.5 Å². The van der Waals surface area contributed by atoms with Crippen molar-refractivity contribution in [1.82, 2.24) is 0 Å². The van der Waals surface area contributed by atoms with Gasteiger partial charge in [0.2, 0.25) is 0 Å². The van der Waals surface area contributed by atoms with Gasteiger partial charge in [-0.2, -0.15) is 26.3 Å². The van der Waals surface area contributed by atoms with E-state index in [1.165, 1.54) is 0 Å². The van der Waals surface area contributed by atoms with Gasteiger partial charge >= 0.3 is 12.4 Å². The maximum Gasteiger partial charge on any atom is 0.416 e. The Hall–Kier alpha value is -2.24. The Balaban J connectivity index is 2.29. The topological polar surface area (TPSA) is 0 Å². The Morgan fingerprint density at radius 1 is 0.750 bits per heavy atom. The molecule has 0 nitrogen and oxygen atoms in total. The molecule has 0 amide bonds. The standard InChI is InChI=1S/C22H19F6/c1-12-5-6-13-7-15(20(2,3)4)11-18(13)19(12)14-8-16(21(23,24)25)10-17(9-14)22(26,27)28/h5-11H,1-4H3. The maximum atomic E-state index is 13.3. The third-order valence-corrected chi connectivity index (χ3v) is 4.84. The summed E-state index contributed by atoms with van der Waals surface area (Å²) in [6.45, 7) is 7.69. The summed E-state index contributed by atoms with van der Waals surface area (Å²) in [6.07, 6.45) is -5.97. The Labute approximate surface area is 159 Å². The van der Waals surface area contributed by atoms with Gasteiger partial charge in [0.1, 0.15) is 0 Å². The first-order chi connectivity index (χ1) is 12.7. The van der Waals surface area contributed by atoms with Gasteiger partial charge < -0.3 is 0 Å². The molecule has 0 fully saturated rings. The zero-order valence-corrected chi connectivity index (χ0v) is 15.8. The summed E-state index contributed by atoms with van der Waals surface area (Å²) in [6, 6.07) is 5.30. The van der Waals surface area contributed by atoms with Crippen molar-refractivity contribution < 1.29 is 26.3 Å². The molecule has 0 saturated heterocycles. The number of aryl methyl sites for hydroxylation is 1. The molecule has 2 aromatic rings. The minimum atomic E-state index is -4.87. The van der Waals surface area contributed by atoms with Crippen LogP contribution in [-0.2, 0) is 12.4 Å². The van der Waals surface area contributed by atoms with Gasteiger partial charge in [-0.05, 0) is 58.4 Å². The van der Waals surface area contributed by atoms with E-state index in [1.807, 2.05) is 39.3 Å². The first-order valence-corrected chi connectivity index (χ1v) is 8.68. The highest BCUT2D eigenvalue weighted by molar-refractivity contribution is 5.86. The second-order valence-electron chi connectivity index (χ2n) is 8.05. The zero-order valence-electron chi connectivity index (χ0n) is 15.8. The lowest BCUT2D eigenvalue weighted by Gasteiger charge is -2.19. The molecule has 1 aliphatic rings. The lowest BCUT2D eigenvalue weighted by Crippen LogP contribution is -2.11. The second-order valence-corrected chi connectivity index (χ2v) is 8.05. The summed E-state index contributed by atoms with van der Waals surface area (Å²) in [5.41, 5.74) is 0.514. The summed E-state index contributed by atoms with van der Waals surface area (Å²) >= 11 is 0. The Morgan fingerprint density at radius 2 is 1.29 bits per heavy atom. The van der Waals surface area contributed by atoms with E-state index in [1.54, 1.807) is 13.0 Å². The lowest BCUT2D eigenvalue weighted by molar-refractivity contribution is -0.143. The molecule has 0 unspecified atom stereocenters. The molecule has 28 heavy (non-hydrogen) atoms. The summed E-state index contributed by atoms with van der Waals surface area (Å²) in [5.74, 6) is 0. The normalized spacial score (nSPS) is 14.9. The van der Waals surface area contributed by atoms with Crippen molar-refractivity contribution in [3.05, 3.63) is 70.1 Å². The first kappa shape index (κ1) is 20.5. The molecule has 3 rings (SSSR count). The number of halogens is 6. The van der Waals surface area contributed by atoms with Crippen LogP contribution in [0.1, 0.15) is 48.6 Å². The summed E-state index contributed by atoms with van der Waals surface area (Å²) in [5, 5.41) is 0. The molecule has 0 aliphatic heterocycles. The van der Waals surface area contributed by atoms with E-state index in [9.17, 15) is 26.3 Å². The highest BCUT2D eigenvalue weighted by Gasteiger charge is 2.37. The van der Waals surface area contributed by atoms with Gasteiger partial charge in [-0.3, -0.25) is 0 Å². The van der Waals surface area contributed by atoms with Crippen molar-refractivity contribution in [2.45, 2.75) is 40.0 Å². The van der Waals surface area contributed by atoms with Crippen LogP contribution >= 0.6 is 0 Å². The minimum absolute atomic E-state index is 0.0868. The van der Waals surface area contributed by atoms with Gasteiger partial charge in [-0.15, -0.1) is 0 Å². The predicted molar refractivity (Wildman–Crippen MR) is 97.5 cm³/mol. The first-order valence-electron chi connectivity index (χ1n) is 8.68. The average Bonchev–Trinajstić information content (AvgIpc) is 2.97. The fourth-order valence-electron chi connectivity index (χ4n) is 3.31. The van der Waals surface area contributed by atoms with Crippen molar-refractivity contribution in [1.29, 1.82) is 0 Å². The molecule has 1 radical (unpaired) electrons. The van der Waals surface area contributed by atoms with Gasteiger partial charge in [-0.25, -0.2) is 0 Å². The number of hydrogen-bond acceptors (Lipinski definition) is 0. The number of fused-ring (bicyclic) bond motifs is 1. The fourth-order valence-corrected chi connectivity index (χ4v) is 3.31. The molecule has 0 bridgehead atoms. The van der Waals surface area contributed by atoms with Crippen molar-refractivity contribution in [2.75, 3.05) is 0 Å². The minimum Gasteiger partial charge on any atom is -0.166 e. The van der Waals surface area contributed by atoms with Crippen molar-refractivity contribution in [3.63, 3.8) is 0 Å². The third kappa shape index (κ3) is 3.82.